The van der Waals surface area contributed by atoms with E-state index < -0.39 is 0 Å². The number of anilines is 2. The molecule has 1 aromatic heterocycles. The minimum atomic E-state index is -0.209. The zero-order valence-corrected chi connectivity index (χ0v) is 19.6. The highest BCUT2D eigenvalue weighted by Crippen LogP contribution is 2.30. The van der Waals surface area contributed by atoms with Gasteiger partial charge in [-0.3, -0.25) is 0 Å². The van der Waals surface area contributed by atoms with Gasteiger partial charge in [-0.1, -0.05) is 59.1 Å². The monoisotopic (exact) mass is 475 g/mol. The second-order valence-corrected chi connectivity index (χ2v) is 9.22. The molecule has 2 aromatic carbocycles. The van der Waals surface area contributed by atoms with E-state index >= 15 is 0 Å². The van der Waals surface area contributed by atoms with Crippen molar-refractivity contribution in [3.05, 3.63) is 69.5 Å². The number of urea groups is 1. The fourth-order valence-electron chi connectivity index (χ4n) is 3.56. The lowest BCUT2D eigenvalue weighted by Crippen LogP contribution is -2.55. The number of para-hydroxylation sites is 1. The van der Waals surface area contributed by atoms with E-state index in [2.05, 4.69) is 45.8 Å². The number of hydrogen-bond donors (Lipinski definition) is 1. The number of amides is 2. The summed E-state index contributed by atoms with van der Waals surface area (Å²) in [5.41, 5.74) is 2.88. The fraction of sp³-hybridized carbons (Fsp3) is 0.318. The number of nitrogens with one attached hydrogen (secondary N) is 1. The van der Waals surface area contributed by atoms with Crippen LogP contribution in [0.3, 0.4) is 0 Å². The molecule has 2 amide bonds. The van der Waals surface area contributed by atoms with Crippen molar-refractivity contribution in [3.8, 4) is 0 Å². The van der Waals surface area contributed by atoms with Crippen LogP contribution in [-0.4, -0.2) is 46.0 Å². The first kappa shape index (κ1) is 21.9. The molecular weight excluding hydrogens is 453 g/mol. The van der Waals surface area contributed by atoms with Gasteiger partial charge in [-0.15, -0.1) is 0 Å². The van der Waals surface area contributed by atoms with Crippen molar-refractivity contribution in [2.75, 3.05) is 29.9 Å². The molecule has 2 heterocycles. The van der Waals surface area contributed by atoms with E-state index in [1.165, 1.54) is 22.7 Å². The Morgan fingerprint density at radius 3 is 2.55 bits per heavy atom. The van der Waals surface area contributed by atoms with Gasteiger partial charge >= 0.3 is 6.03 Å². The molecule has 0 aliphatic carbocycles. The molecule has 0 saturated carbocycles. The van der Waals surface area contributed by atoms with Crippen LogP contribution >= 0.6 is 34.7 Å². The lowest BCUT2D eigenvalue weighted by Gasteiger charge is -2.39. The summed E-state index contributed by atoms with van der Waals surface area (Å²) in [6, 6.07) is 13.4. The number of benzene rings is 2. The minimum Gasteiger partial charge on any atom is -0.343 e. The average Bonchev–Trinajstić information content (AvgIpc) is 3.21. The lowest BCUT2D eigenvalue weighted by molar-refractivity contribution is 0.185. The molecule has 1 unspecified atom stereocenters. The van der Waals surface area contributed by atoms with E-state index in [4.69, 9.17) is 28.2 Å². The van der Waals surface area contributed by atoms with Gasteiger partial charge in [0.1, 0.15) is 5.82 Å². The lowest BCUT2D eigenvalue weighted by atomic mass is 10.1. The number of rotatable bonds is 4. The largest absolute Gasteiger partial charge is 0.343 e. The van der Waals surface area contributed by atoms with Crippen molar-refractivity contribution in [3.63, 3.8) is 0 Å². The van der Waals surface area contributed by atoms with Crippen LogP contribution in [0.5, 0.6) is 0 Å². The summed E-state index contributed by atoms with van der Waals surface area (Å²) in [6.07, 6.45) is 0.716. The SMILES string of the molecule is Cc1ccc(Cc2nsc(N3CCN(C(=O)Nc4c(Cl)cccc4Cl)C(C)C3)n2)cc1. The molecule has 1 aliphatic heterocycles. The second kappa shape index (κ2) is 9.42. The molecule has 0 radical (unpaired) electrons. The Labute approximate surface area is 196 Å². The van der Waals surface area contributed by atoms with Crippen LogP contribution in [0.4, 0.5) is 15.6 Å². The molecule has 4 rings (SSSR count). The number of nitrogens with zero attached hydrogens (tertiary/aromatic N) is 4. The van der Waals surface area contributed by atoms with E-state index in [0.717, 1.165) is 11.0 Å². The topological polar surface area (TPSA) is 61.4 Å². The predicted octanol–water partition coefficient (Wildman–Crippen LogP) is 5.49. The smallest absolute Gasteiger partial charge is 0.322 e. The number of carbonyl (C=O) groups excluding carboxylic acids is 1. The third kappa shape index (κ3) is 5.11. The molecule has 1 aliphatic rings. The number of piperazine rings is 1. The van der Waals surface area contributed by atoms with Crippen molar-refractivity contribution < 1.29 is 4.79 Å². The highest BCUT2D eigenvalue weighted by molar-refractivity contribution is 7.09. The molecule has 31 heavy (non-hydrogen) atoms. The molecular formula is C22H23Cl2N5OS. The first-order valence-electron chi connectivity index (χ1n) is 10.1. The van der Waals surface area contributed by atoms with Crippen LogP contribution in [0.1, 0.15) is 23.9 Å². The fourth-order valence-corrected chi connectivity index (χ4v) is 4.77. The van der Waals surface area contributed by atoms with Gasteiger partial charge in [0, 0.05) is 43.6 Å². The Morgan fingerprint density at radius 2 is 1.87 bits per heavy atom. The molecule has 1 atom stereocenters. The van der Waals surface area contributed by atoms with Crippen LogP contribution in [0.25, 0.3) is 0 Å². The maximum atomic E-state index is 12.8. The quantitative estimate of drug-likeness (QED) is 0.541. The van der Waals surface area contributed by atoms with Gasteiger partial charge in [0.25, 0.3) is 0 Å². The number of aromatic nitrogens is 2. The number of aryl methyl sites for hydroxylation is 1. The summed E-state index contributed by atoms with van der Waals surface area (Å²) in [5.74, 6) is 0.824. The first-order chi connectivity index (χ1) is 14.9. The number of halogens is 2. The summed E-state index contributed by atoms with van der Waals surface area (Å²) in [5, 5.41) is 4.58. The third-order valence-electron chi connectivity index (χ3n) is 5.29. The zero-order chi connectivity index (χ0) is 22.0. The highest BCUT2D eigenvalue weighted by atomic mass is 35.5. The van der Waals surface area contributed by atoms with Gasteiger partial charge in [-0.25, -0.2) is 9.78 Å². The molecule has 9 heteroatoms. The van der Waals surface area contributed by atoms with Crippen molar-refractivity contribution in [2.24, 2.45) is 0 Å². The standard InChI is InChI=1S/C22H23Cl2N5OS/c1-14-6-8-16(9-7-14)12-19-25-22(31-27-19)28-10-11-29(15(2)13-28)21(30)26-20-17(23)4-3-5-18(20)24/h3-9,15H,10-13H2,1-2H3,(H,26,30). The molecule has 3 aromatic rings. The van der Waals surface area contributed by atoms with Crippen molar-refractivity contribution in [1.29, 1.82) is 0 Å². The van der Waals surface area contributed by atoms with Crippen LogP contribution in [0.15, 0.2) is 42.5 Å². The molecule has 0 bridgehead atoms. The zero-order valence-electron chi connectivity index (χ0n) is 17.3. The van der Waals surface area contributed by atoms with Gasteiger partial charge in [-0.2, -0.15) is 4.37 Å². The summed E-state index contributed by atoms with van der Waals surface area (Å²) in [6.45, 7) is 6.04. The maximum absolute atomic E-state index is 12.8. The summed E-state index contributed by atoms with van der Waals surface area (Å²) >= 11 is 13.8. The van der Waals surface area contributed by atoms with Crippen molar-refractivity contribution in [2.45, 2.75) is 26.3 Å². The molecule has 1 N–H and O–H groups in total. The van der Waals surface area contributed by atoms with Crippen LogP contribution in [0.2, 0.25) is 10.0 Å². The van der Waals surface area contributed by atoms with E-state index in [1.807, 2.05) is 6.92 Å². The van der Waals surface area contributed by atoms with Crippen molar-refractivity contribution >= 4 is 51.6 Å². The molecule has 162 valence electrons. The van der Waals surface area contributed by atoms with Gasteiger partial charge < -0.3 is 15.1 Å². The molecule has 0 spiro atoms. The summed E-state index contributed by atoms with van der Waals surface area (Å²) in [4.78, 5) is 21.5. The highest BCUT2D eigenvalue weighted by Gasteiger charge is 2.29. The van der Waals surface area contributed by atoms with Gasteiger partial charge in [0.15, 0.2) is 0 Å². The molecule has 1 saturated heterocycles. The summed E-state index contributed by atoms with van der Waals surface area (Å²) < 4.78 is 4.53. The minimum absolute atomic E-state index is 0.000498. The van der Waals surface area contributed by atoms with E-state index in [1.54, 1.807) is 23.1 Å². The van der Waals surface area contributed by atoms with Gasteiger partial charge in [0.2, 0.25) is 5.13 Å². The number of carbonyl (C=O) groups is 1. The molecule has 6 nitrogen and oxygen atoms in total. The second-order valence-electron chi connectivity index (χ2n) is 7.67. The van der Waals surface area contributed by atoms with Gasteiger partial charge in [0.05, 0.1) is 15.7 Å². The van der Waals surface area contributed by atoms with E-state index in [9.17, 15) is 4.79 Å². The van der Waals surface area contributed by atoms with Crippen LogP contribution in [-0.2, 0) is 6.42 Å². The van der Waals surface area contributed by atoms with Crippen LogP contribution in [0, 0.1) is 6.92 Å². The van der Waals surface area contributed by atoms with Crippen LogP contribution < -0.4 is 10.2 Å². The van der Waals surface area contributed by atoms with E-state index in [0.29, 0.717) is 41.8 Å². The Hall–Kier alpha value is -2.35. The first-order valence-corrected chi connectivity index (χ1v) is 11.6. The van der Waals surface area contributed by atoms with Gasteiger partial charge in [-0.05, 0) is 31.5 Å². The number of hydrogen-bond acceptors (Lipinski definition) is 5. The Morgan fingerprint density at radius 1 is 1.16 bits per heavy atom. The normalized spacial score (nSPS) is 16.5. The summed E-state index contributed by atoms with van der Waals surface area (Å²) in [7, 11) is 0. The van der Waals surface area contributed by atoms with E-state index in [-0.39, 0.29) is 12.1 Å². The Balaban J connectivity index is 1.37. The van der Waals surface area contributed by atoms with Crippen molar-refractivity contribution in [1.82, 2.24) is 14.3 Å². The Bertz CT molecular complexity index is 1050. The molecule has 1 fully saturated rings. The Kier molecular flexibility index (Phi) is 6.65. The third-order valence-corrected chi connectivity index (χ3v) is 6.74. The predicted molar refractivity (Wildman–Crippen MR) is 128 cm³/mol. The maximum Gasteiger partial charge on any atom is 0.322 e. The average molecular weight is 476 g/mol.